The van der Waals surface area contributed by atoms with E-state index in [0.717, 1.165) is 15.6 Å². The zero-order valence-corrected chi connectivity index (χ0v) is 13.1. The first-order valence-electron chi connectivity index (χ1n) is 6.78. The highest BCUT2D eigenvalue weighted by Gasteiger charge is 2.01. The molecule has 21 heavy (non-hydrogen) atoms. The Bertz CT molecular complexity index is 724. The average Bonchev–Trinajstić information content (AvgIpc) is 2.94. The Morgan fingerprint density at radius 3 is 2.62 bits per heavy atom. The van der Waals surface area contributed by atoms with Gasteiger partial charge in [0.15, 0.2) is 4.34 Å². The maximum absolute atomic E-state index is 4.61. The number of thioether (sulfide) groups is 1. The fourth-order valence-corrected chi connectivity index (χ4v) is 3.82. The largest absolute Gasteiger partial charge is 0.230 e. The summed E-state index contributed by atoms with van der Waals surface area (Å²) in [7, 11) is 0. The standard InChI is InChI=1S/C18H15NS2/c1-3-9-15(10-4-1)11-5-2-8-14-20-18-19-16-12-6-7-13-17(16)21-18/h1-13H,14H2/b8-2+,11-5+. The van der Waals surface area contributed by atoms with Crippen molar-refractivity contribution in [2.75, 3.05) is 5.75 Å². The molecule has 0 aliphatic rings. The molecular formula is C18H15NS2. The predicted octanol–water partition coefficient (Wildman–Crippen LogP) is 5.66. The van der Waals surface area contributed by atoms with Crippen LogP contribution in [0.3, 0.4) is 0 Å². The van der Waals surface area contributed by atoms with Crippen molar-refractivity contribution in [3.8, 4) is 0 Å². The van der Waals surface area contributed by atoms with E-state index in [9.17, 15) is 0 Å². The summed E-state index contributed by atoms with van der Waals surface area (Å²) in [5.74, 6) is 0.943. The van der Waals surface area contributed by atoms with Gasteiger partial charge < -0.3 is 0 Å². The molecule has 104 valence electrons. The van der Waals surface area contributed by atoms with Crippen molar-refractivity contribution in [2.45, 2.75) is 4.34 Å². The Morgan fingerprint density at radius 2 is 1.76 bits per heavy atom. The summed E-state index contributed by atoms with van der Waals surface area (Å²) in [4.78, 5) is 4.61. The second-order valence-corrected chi connectivity index (χ2v) is 6.75. The van der Waals surface area contributed by atoms with E-state index in [-0.39, 0.29) is 0 Å². The molecule has 3 heteroatoms. The van der Waals surface area contributed by atoms with Crippen molar-refractivity contribution in [3.05, 3.63) is 78.4 Å². The molecule has 0 aliphatic heterocycles. The number of thiazole rings is 1. The van der Waals surface area contributed by atoms with Crippen LogP contribution in [0.4, 0.5) is 0 Å². The second-order valence-electron chi connectivity index (χ2n) is 4.46. The van der Waals surface area contributed by atoms with Gasteiger partial charge in [0.2, 0.25) is 0 Å². The third-order valence-corrected chi connectivity index (χ3v) is 5.04. The van der Waals surface area contributed by atoms with E-state index >= 15 is 0 Å². The summed E-state index contributed by atoms with van der Waals surface area (Å²) in [5, 5.41) is 0. The van der Waals surface area contributed by atoms with Gasteiger partial charge in [-0.1, -0.05) is 78.5 Å². The van der Waals surface area contributed by atoms with Crippen LogP contribution in [-0.2, 0) is 0 Å². The van der Waals surface area contributed by atoms with E-state index < -0.39 is 0 Å². The molecule has 3 rings (SSSR count). The molecule has 0 unspecified atom stereocenters. The maximum atomic E-state index is 4.61. The smallest absolute Gasteiger partial charge is 0.151 e. The Balaban J connectivity index is 1.51. The van der Waals surface area contributed by atoms with Gasteiger partial charge in [-0.15, -0.1) is 11.3 Å². The van der Waals surface area contributed by atoms with Gasteiger partial charge in [0.1, 0.15) is 0 Å². The van der Waals surface area contributed by atoms with Crippen LogP contribution in [0, 0.1) is 0 Å². The average molecular weight is 309 g/mol. The molecule has 0 bridgehead atoms. The van der Waals surface area contributed by atoms with Crippen LogP contribution in [0.5, 0.6) is 0 Å². The highest BCUT2D eigenvalue weighted by molar-refractivity contribution is 8.01. The summed E-state index contributed by atoms with van der Waals surface area (Å²) in [6, 6.07) is 18.6. The number of hydrogen-bond donors (Lipinski definition) is 0. The number of para-hydroxylation sites is 1. The van der Waals surface area contributed by atoms with Crippen molar-refractivity contribution >= 4 is 39.4 Å². The molecule has 1 nitrogen and oxygen atoms in total. The zero-order chi connectivity index (χ0) is 14.3. The molecule has 0 amide bonds. The molecular weight excluding hydrogens is 294 g/mol. The molecule has 0 saturated carbocycles. The third-order valence-electron chi connectivity index (χ3n) is 2.91. The minimum absolute atomic E-state index is 0.943. The van der Waals surface area contributed by atoms with Gasteiger partial charge in [0.05, 0.1) is 10.2 Å². The van der Waals surface area contributed by atoms with Gasteiger partial charge in [0.25, 0.3) is 0 Å². The quantitative estimate of drug-likeness (QED) is 0.445. The molecule has 1 heterocycles. The minimum Gasteiger partial charge on any atom is -0.230 e. The van der Waals surface area contributed by atoms with Crippen LogP contribution >= 0.6 is 23.1 Å². The molecule has 0 radical (unpaired) electrons. The number of nitrogens with zero attached hydrogens (tertiary/aromatic N) is 1. The first-order chi connectivity index (χ1) is 10.4. The Morgan fingerprint density at radius 1 is 0.952 bits per heavy atom. The van der Waals surface area contributed by atoms with Crippen molar-refractivity contribution in [2.24, 2.45) is 0 Å². The van der Waals surface area contributed by atoms with Crippen LogP contribution in [0.2, 0.25) is 0 Å². The minimum atomic E-state index is 0.943. The lowest BCUT2D eigenvalue weighted by Crippen LogP contribution is -1.72. The zero-order valence-electron chi connectivity index (χ0n) is 11.5. The summed E-state index contributed by atoms with van der Waals surface area (Å²) in [5.41, 5.74) is 2.32. The normalized spacial score (nSPS) is 11.8. The lowest BCUT2D eigenvalue weighted by molar-refractivity contribution is 1.30. The monoisotopic (exact) mass is 309 g/mol. The van der Waals surface area contributed by atoms with Crippen LogP contribution in [0.25, 0.3) is 16.3 Å². The first kappa shape index (κ1) is 14.1. The van der Waals surface area contributed by atoms with Crippen molar-refractivity contribution < 1.29 is 0 Å². The first-order valence-corrected chi connectivity index (χ1v) is 8.59. The van der Waals surface area contributed by atoms with E-state index in [4.69, 9.17) is 0 Å². The molecule has 0 spiro atoms. The van der Waals surface area contributed by atoms with Gasteiger partial charge in [-0.25, -0.2) is 4.98 Å². The second kappa shape index (κ2) is 7.25. The molecule has 2 aromatic carbocycles. The van der Waals surface area contributed by atoms with Gasteiger partial charge in [-0.05, 0) is 17.7 Å². The summed E-state index contributed by atoms with van der Waals surface area (Å²) >= 11 is 3.54. The van der Waals surface area contributed by atoms with Gasteiger partial charge in [-0.3, -0.25) is 0 Å². The predicted molar refractivity (Wildman–Crippen MR) is 95.0 cm³/mol. The van der Waals surface area contributed by atoms with Gasteiger partial charge >= 0.3 is 0 Å². The summed E-state index contributed by atoms with van der Waals surface area (Å²) < 4.78 is 2.39. The molecule has 0 N–H and O–H groups in total. The summed E-state index contributed by atoms with van der Waals surface area (Å²) in [6.45, 7) is 0. The fraction of sp³-hybridized carbons (Fsp3) is 0.0556. The number of fused-ring (bicyclic) bond motifs is 1. The summed E-state index contributed by atoms with van der Waals surface area (Å²) in [6.07, 6.45) is 8.44. The van der Waals surface area contributed by atoms with E-state index in [0.29, 0.717) is 0 Å². The van der Waals surface area contributed by atoms with Crippen LogP contribution < -0.4 is 0 Å². The SMILES string of the molecule is C(/C=C/c1ccccc1)=C\CSc1nc2ccccc2s1. The van der Waals surface area contributed by atoms with Crippen LogP contribution in [-0.4, -0.2) is 10.7 Å². The van der Waals surface area contributed by atoms with E-state index in [1.54, 1.807) is 23.1 Å². The van der Waals surface area contributed by atoms with Gasteiger partial charge in [0, 0.05) is 5.75 Å². The molecule has 0 aliphatic carbocycles. The molecule has 1 aromatic heterocycles. The lowest BCUT2D eigenvalue weighted by Gasteiger charge is -1.90. The molecule has 0 saturated heterocycles. The highest BCUT2D eigenvalue weighted by Crippen LogP contribution is 2.29. The highest BCUT2D eigenvalue weighted by atomic mass is 32.2. The maximum Gasteiger partial charge on any atom is 0.151 e. The van der Waals surface area contributed by atoms with E-state index in [2.05, 4.69) is 59.6 Å². The van der Waals surface area contributed by atoms with E-state index in [1.807, 2.05) is 24.3 Å². The number of hydrogen-bond acceptors (Lipinski definition) is 3. The van der Waals surface area contributed by atoms with Crippen LogP contribution in [0.1, 0.15) is 5.56 Å². The number of benzene rings is 2. The Hall–Kier alpha value is -1.84. The topological polar surface area (TPSA) is 12.9 Å². The Labute approximate surface area is 133 Å². The molecule has 3 aromatic rings. The number of aromatic nitrogens is 1. The molecule has 0 fully saturated rings. The molecule has 0 atom stereocenters. The van der Waals surface area contributed by atoms with Crippen molar-refractivity contribution in [1.29, 1.82) is 0 Å². The number of allylic oxidation sites excluding steroid dienone is 2. The van der Waals surface area contributed by atoms with Crippen molar-refractivity contribution in [1.82, 2.24) is 4.98 Å². The lowest BCUT2D eigenvalue weighted by atomic mass is 10.2. The van der Waals surface area contributed by atoms with Gasteiger partial charge in [-0.2, -0.15) is 0 Å². The Kier molecular flexibility index (Phi) is 4.87. The van der Waals surface area contributed by atoms with Crippen LogP contribution in [0.15, 0.2) is 77.2 Å². The number of rotatable bonds is 5. The van der Waals surface area contributed by atoms with Crippen molar-refractivity contribution in [3.63, 3.8) is 0 Å². The van der Waals surface area contributed by atoms with E-state index in [1.165, 1.54) is 10.3 Å². The third kappa shape index (κ3) is 4.06. The fourth-order valence-electron chi connectivity index (χ4n) is 1.90.